The second-order valence-electron chi connectivity index (χ2n) is 5.69. The maximum atomic E-state index is 6.19. The van der Waals surface area contributed by atoms with E-state index in [1.807, 2.05) is 36.4 Å². The molecule has 7 heteroatoms. The highest BCUT2D eigenvalue weighted by atomic mass is 35.5. The lowest BCUT2D eigenvalue weighted by atomic mass is 10.1. The number of hydrogen-bond acceptors (Lipinski definition) is 4. The van der Waals surface area contributed by atoms with Crippen molar-refractivity contribution in [2.24, 2.45) is 4.99 Å². The van der Waals surface area contributed by atoms with E-state index >= 15 is 0 Å². The van der Waals surface area contributed by atoms with E-state index < -0.39 is 0 Å². The van der Waals surface area contributed by atoms with Gasteiger partial charge in [-0.25, -0.2) is 0 Å². The first-order chi connectivity index (χ1) is 13.1. The Bertz CT molecular complexity index is 781. The lowest BCUT2D eigenvalue weighted by molar-refractivity contribution is 0.322. The number of nitrogens with zero attached hydrogens (tertiary/aromatic N) is 1. The highest BCUT2D eigenvalue weighted by molar-refractivity contribution is 6.31. The first-order valence-electron chi connectivity index (χ1n) is 8.60. The van der Waals surface area contributed by atoms with Crippen molar-refractivity contribution in [2.45, 2.75) is 13.0 Å². The second-order valence-corrected chi connectivity index (χ2v) is 6.09. The van der Waals surface area contributed by atoms with Crippen molar-refractivity contribution in [1.82, 2.24) is 10.6 Å². The zero-order valence-corrected chi connectivity index (χ0v) is 16.9. The molecule has 0 spiro atoms. The van der Waals surface area contributed by atoms with Crippen LogP contribution >= 0.6 is 11.6 Å². The van der Waals surface area contributed by atoms with Gasteiger partial charge in [-0.15, -0.1) is 0 Å². The second kappa shape index (κ2) is 10.5. The molecule has 6 nitrogen and oxygen atoms in total. The molecule has 0 unspecified atom stereocenters. The van der Waals surface area contributed by atoms with Gasteiger partial charge in [0, 0.05) is 30.7 Å². The molecule has 146 valence electrons. The van der Waals surface area contributed by atoms with Gasteiger partial charge in [0.05, 0.1) is 21.3 Å². The van der Waals surface area contributed by atoms with Crippen molar-refractivity contribution < 1.29 is 14.2 Å². The third-order valence-corrected chi connectivity index (χ3v) is 4.47. The molecule has 2 N–H and O–H groups in total. The summed E-state index contributed by atoms with van der Waals surface area (Å²) in [5.74, 6) is 2.52. The van der Waals surface area contributed by atoms with Crippen LogP contribution in [0.25, 0.3) is 0 Å². The number of methoxy groups -OCH3 is 3. The van der Waals surface area contributed by atoms with Crippen LogP contribution in [-0.2, 0) is 13.0 Å². The molecule has 0 saturated heterocycles. The lowest BCUT2D eigenvalue weighted by Gasteiger charge is -2.17. The molecule has 0 aliphatic carbocycles. The number of aliphatic imine (C=N–C) groups is 1. The zero-order chi connectivity index (χ0) is 19.6. The Hall–Kier alpha value is -2.60. The number of halogens is 1. The van der Waals surface area contributed by atoms with Gasteiger partial charge in [0.2, 0.25) is 5.75 Å². The zero-order valence-electron chi connectivity index (χ0n) is 16.1. The standard InChI is InChI=1S/C20H26ClN3O3/c1-22-20(23-12-11-14-7-5-6-8-16(14)21)24-13-15-9-10-17(25-2)19(27-4)18(15)26-3/h5-10H,11-13H2,1-4H3,(H2,22,23,24). The predicted octanol–water partition coefficient (Wildman–Crippen LogP) is 3.27. The summed E-state index contributed by atoms with van der Waals surface area (Å²) in [5.41, 5.74) is 2.04. The van der Waals surface area contributed by atoms with E-state index in [2.05, 4.69) is 15.6 Å². The molecule has 0 aliphatic heterocycles. The summed E-state index contributed by atoms with van der Waals surface area (Å²) < 4.78 is 16.2. The Morgan fingerprint density at radius 2 is 1.67 bits per heavy atom. The van der Waals surface area contributed by atoms with Gasteiger partial charge in [-0.1, -0.05) is 29.8 Å². The predicted molar refractivity (Wildman–Crippen MR) is 109 cm³/mol. The molecule has 0 fully saturated rings. The van der Waals surface area contributed by atoms with Crippen LogP contribution in [0.15, 0.2) is 41.4 Å². The van der Waals surface area contributed by atoms with Gasteiger partial charge < -0.3 is 24.8 Å². The monoisotopic (exact) mass is 391 g/mol. The third-order valence-electron chi connectivity index (χ3n) is 4.10. The molecule has 0 aliphatic rings. The van der Waals surface area contributed by atoms with E-state index in [1.54, 1.807) is 28.4 Å². The summed E-state index contributed by atoms with van der Waals surface area (Å²) in [5, 5.41) is 7.34. The Labute approximate surface area is 165 Å². The molecule has 27 heavy (non-hydrogen) atoms. The number of guanidine groups is 1. The minimum Gasteiger partial charge on any atom is -0.493 e. The maximum absolute atomic E-state index is 6.19. The van der Waals surface area contributed by atoms with Crippen LogP contribution in [0.2, 0.25) is 5.02 Å². The summed E-state index contributed by atoms with van der Waals surface area (Å²) in [4.78, 5) is 4.25. The topological polar surface area (TPSA) is 64.1 Å². The summed E-state index contributed by atoms with van der Waals surface area (Å²) in [6.45, 7) is 1.24. The summed E-state index contributed by atoms with van der Waals surface area (Å²) in [6, 6.07) is 11.6. The van der Waals surface area contributed by atoms with Gasteiger partial charge in [0.1, 0.15) is 0 Å². The van der Waals surface area contributed by atoms with Crippen LogP contribution in [0.1, 0.15) is 11.1 Å². The summed E-state index contributed by atoms with van der Waals surface area (Å²) in [7, 11) is 6.53. The smallest absolute Gasteiger partial charge is 0.203 e. The molecule has 0 saturated carbocycles. The van der Waals surface area contributed by atoms with Crippen molar-refractivity contribution in [1.29, 1.82) is 0 Å². The number of benzene rings is 2. The normalized spacial score (nSPS) is 11.1. The van der Waals surface area contributed by atoms with Crippen molar-refractivity contribution >= 4 is 17.6 Å². The molecule has 0 heterocycles. The summed E-state index contributed by atoms with van der Waals surface area (Å²) in [6.07, 6.45) is 0.806. The van der Waals surface area contributed by atoms with Crippen molar-refractivity contribution in [2.75, 3.05) is 34.9 Å². The Kier molecular flexibility index (Phi) is 8.07. The fourth-order valence-electron chi connectivity index (χ4n) is 2.72. The first-order valence-corrected chi connectivity index (χ1v) is 8.98. The fourth-order valence-corrected chi connectivity index (χ4v) is 2.95. The molecule has 0 aromatic heterocycles. The maximum Gasteiger partial charge on any atom is 0.203 e. The van der Waals surface area contributed by atoms with Crippen LogP contribution in [0.3, 0.4) is 0 Å². The van der Waals surface area contributed by atoms with Gasteiger partial charge in [0.15, 0.2) is 17.5 Å². The van der Waals surface area contributed by atoms with Gasteiger partial charge >= 0.3 is 0 Å². The van der Waals surface area contributed by atoms with Gasteiger partial charge in [-0.2, -0.15) is 0 Å². The highest BCUT2D eigenvalue weighted by Crippen LogP contribution is 2.39. The molecular weight excluding hydrogens is 366 g/mol. The molecule has 2 rings (SSSR count). The largest absolute Gasteiger partial charge is 0.493 e. The minimum absolute atomic E-state index is 0.523. The lowest BCUT2D eigenvalue weighted by Crippen LogP contribution is -2.38. The Morgan fingerprint density at radius 3 is 2.30 bits per heavy atom. The molecule has 0 atom stereocenters. The SMILES string of the molecule is CN=C(NCCc1ccccc1Cl)NCc1ccc(OC)c(OC)c1OC. The van der Waals surface area contributed by atoms with E-state index in [4.69, 9.17) is 25.8 Å². The van der Waals surface area contributed by atoms with E-state index in [0.29, 0.717) is 36.3 Å². The number of nitrogens with one attached hydrogen (secondary N) is 2. The van der Waals surface area contributed by atoms with Crippen molar-refractivity contribution in [3.8, 4) is 17.2 Å². The van der Waals surface area contributed by atoms with Crippen LogP contribution in [0, 0.1) is 0 Å². The van der Waals surface area contributed by atoms with Crippen molar-refractivity contribution in [3.05, 3.63) is 52.5 Å². The van der Waals surface area contributed by atoms with Gasteiger partial charge in [-0.3, -0.25) is 4.99 Å². The number of rotatable bonds is 8. The van der Waals surface area contributed by atoms with Crippen LogP contribution in [0.4, 0.5) is 0 Å². The van der Waals surface area contributed by atoms with Crippen LogP contribution < -0.4 is 24.8 Å². The van der Waals surface area contributed by atoms with Gasteiger partial charge in [0.25, 0.3) is 0 Å². The molecule has 2 aromatic carbocycles. The Morgan fingerprint density at radius 1 is 0.926 bits per heavy atom. The van der Waals surface area contributed by atoms with Gasteiger partial charge in [-0.05, 0) is 30.2 Å². The Balaban J connectivity index is 1.97. The van der Waals surface area contributed by atoms with Crippen LogP contribution in [-0.4, -0.2) is 40.9 Å². The van der Waals surface area contributed by atoms with Crippen molar-refractivity contribution in [3.63, 3.8) is 0 Å². The molecule has 0 amide bonds. The molecule has 0 radical (unpaired) electrons. The van der Waals surface area contributed by atoms with Crippen LogP contribution in [0.5, 0.6) is 17.2 Å². The average Bonchev–Trinajstić information content (AvgIpc) is 2.70. The highest BCUT2D eigenvalue weighted by Gasteiger charge is 2.15. The fraction of sp³-hybridized carbons (Fsp3) is 0.350. The minimum atomic E-state index is 0.523. The molecule has 2 aromatic rings. The third kappa shape index (κ3) is 5.44. The molecular formula is C20H26ClN3O3. The quantitative estimate of drug-likeness (QED) is 0.534. The number of ether oxygens (including phenoxy) is 3. The van der Waals surface area contributed by atoms with E-state index in [9.17, 15) is 0 Å². The summed E-state index contributed by atoms with van der Waals surface area (Å²) >= 11 is 6.19. The van der Waals surface area contributed by atoms with E-state index in [0.717, 1.165) is 22.6 Å². The first kappa shape index (κ1) is 20.7. The average molecular weight is 392 g/mol. The van der Waals surface area contributed by atoms with E-state index in [-0.39, 0.29) is 0 Å². The number of hydrogen-bond donors (Lipinski definition) is 2. The van der Waals surface area contributed by atoms with E-state index in [1.165, 1.54) is 0 Å². The molecule has 0 bridgehead atoms.